The summed E-state index contributed by atoms with van der Waals surface area (Å²) in [6, 6.07) is 2.08. The van der Waals surface area contributed by atoms with E-state index < -0.39 is 0 Å². The molecule has 0 saturated carbocycles. The number of rotatable bonds is 3. The molecule has 2 amide bonds. The molecule has 2 aliphatic heterocycles. The van der Waals surface area contributed by atoms with Crippen molar-refractivity contribution in [1.29, 1.82) is 0 Å². The first kappa shape index (κ1) is 11.2. The Kier molecular flexibility index (Phi) is 2.75. The minimum absolute atomic E-state index is 0.0631. The van der Waals surface area contributed by atoms with E-state index in [1.807, 2.05) is 4.68 Å². The average Bonchev–Trinajstić information content (AvgIpc) is 2.86. The fraction of sp³-hybridized carbons (Fsp3) is 0.545. The van der Waals surface area contributed by atoms with Gasteiger partial charge in [-0.1, -0.05) is 0 Å². The van der Waals surface area contributed by atoms with Gasteiger partial charge in [0.2, 0.25) is 11.8 Å². The molecule has 3 N–H and O–H groups in total. The van der Waals surface area contributed by atoms with Gasteiger partial charge in [-0.2, -0.15) is 5.10 Å². The maximum Gasteiger partial charge on any atom is 0.230 e. The summed E-state index contributed by atoms with van der Waals surface area (Å²) >= 11 is 0. The molecule has 7 heteroatoms. The molecule has 1 aromatic heterocycles. The minimum Gasteiger partial charge on any atom is -0.355 e. The highest BCUT2D eigenvalue weighted by atomic mass is 16.2. The first-order chi connectivity index (χ1) is 8.74. The lowest BCUT2D eigenvalue weighted by Gasteiger charge is -2.28. The van der Waals surface area contributed by atoms with Gasteiger partial charge in [0.25, 0.3) is 0 Å². The number of hydrogen-bond donors (Lipinski definition) is 3. The Morgan fingerprint density at radius 1 is 1.44 bits per heavy atom. The standard InChI is InChI=1S/C11H15N5O2/c17-10-3-7(4-13-10)11(18)15-9-1-2-14-16(9)8-5-12-6-8/h1-2,7-8,12H,3-6H2,(H,13,17)(H,15,18). The molecule has 7 nitrogen and oxygen atoms in total. The number of anilines is 1. The van der Waals surface area contributed by atoms with Gasteiger partial charge < -0.3 is 16.0 Å². The summed E-state index contributed by atoms with van der Waals surface area (Å²) in [5.74, 6) is 0.237. The number of nitrogens with one attached hydrogen (secondary N) is 3. The quantitative estimate of drug-likeness (QED) is 0.648. The van der Waals surface area contributed by atoms with Crippen LogP contribution in [0.4, 0.5) is 5.82 Å². The molecular weight excluding hydrogens is 234 g/mol. The fourth-order valence-electron chi connectivity index (χ4n) is 2.17. The Hall–Kier alpha value is -1.89. The van der Waals surface area contributed by atoms with Crippen LogP contribution in [0.2, 0.25) is 0 Å². The molecule has 2 saturated heterocycles. The van der Waals surface area contributed by atoms with Gasteiger partial charge >= 0.3 is 0 Å². The van der Waals surface area contributed by atoms with Crippen LogP contribution in [0.25, 0.3) is 0 Å². The van der Waals surface area contributed by atoms with E-state index in [0.29, 0.717) is 18.4 Å². The second-order valence-corrected chi connectivity index (χ2v) is 4.67. The van der Waals surface area contributed by atoms with Crippen LogP contribution in [0.3, 0.4) is 0 Å². The van der Waals surface area contributed by atoms with Crippen molar-refractivity contribution >= 4 is 17.6 Å². The third kappa shape index (κ3) is 1.97. The van der Waals surface area contributed by atoms with Crippen LogP contribution in [0.15, 0.2) is 12.3 Å². The molecular formula is C11H15N5O2. The number of hydrogen-bond acceptors (Lipinski definition) is 4. The molecule has 0 aliphatic carbocycles. The zero-order chi connectivity index (χ0) is 12.5. The lowest BCUT2D eigenvalue weighted by atomic mass is 10.1. The van der Waals surface area contributed by atoms with Crippen molar-refractivity contribution < 1.29 is 9.59 Å². The van der Waals surface area contributed by atoms with Gasteiger partial charge in [-0.3, -0.25) is 9.59 Å². The van der Waals surface area contributed by atoms with Crippen molar-refractivity contribution in [3.8, 4) is 0 Å². The average molecular weight is 249 g/mol. The van der Waals surface area contributed by atoms with Gasteiger partial charge in [-0.05, 0) is 0 Å². The molecule has 0 bridgehead atoms. The van der Waals surface area contributed by atoms with Gasteiger partial charge in [0.1, 0.15) is 5.82 Å². The van der Waals surface area contributed by atoms with E-state index >= 15 is 0 Å². The van der Waals surface area contributed by atoms with Crippen LogP contribution >= 0.6 is 0 Å². The second kappa shape index (κ2) is 4.41. The molecule has 18 heavy (non-hydrogen) atoms. The Bertz CT molecular complexity index is 480. The highest BCUT2D eigenvalue weighted by Crippen LogP contribution is 2.19. The highest BCUT2D eigenvalue weighted by molar-refractivity contribution is 5.96. The maximum atomic E-state index is 12.0. The Labute approximate surface area is 104 Å². The summed E-state index contributed by atoms with van der Waals surface area (Å²) in [7, 11) is 0. The monoisotopic (exact) mass is 249 g/mol. The lowest BCUT2D eigenvalue weighted by molar-refractivity contribution is -0.123. The van der Waals surface area contributed by atoms with Crippen molar-refractivity contribution in [2.45, 2.75) is 12.5 Å². The van der Waals surface area contributed by atoms with E-state index in [-0.39, 0.29) is 24.2 Å². The van der Waals surface area contributed by atoms with E-state index in [9.17, 15) is 9.59 Å². The normalized spacial score (nSPS) is 23.6. The predicted octanol–water partition coefficient (Wildman–Crippen LogP) is -0.898. The molecule has 0 radical (unpaired) electrons. The molecule has 0 spiro atoms. The number of nitrogens with zero attached hydrogens (tertiary/aromatic N) is 2. The van der Waals surface area contributed by atoms with Crippen LogP contribution in [-0.4, -0.2) is 41.2 Å². The van der Waals surface area contributed by atoms with Crippen LogP contribution in [0.1, 0.15) is 12.5 Å². The Morgan fingerprint density at radius 2 is 2.28 bits per heavy atom. The number of amides is 2. The summed E-state index contributed by atoms with van der Waals surface area (Å²) in [6.07, 6.45) is 1.94. The van der Waals surface area contributed by atoms with Crippen LogP contribution in [0.5, 0.6) is 0 Å². The summed E-state index contributed by atoms with van der Waals surface area (Å²) in [5.41, 5.74) is 0. The van der Waals surface area contributed by atoms with Gasteiger partial charge in [0.15, 0.2) is 0 Å². The highest BCUT2D eigenvalue weighted by Gasteiger charge is 2.29. The van der Waals surface area contributed by atoms with E-state index in [4.69, 9.17) is 0 Å². The molecule has 1 atom stereocenters. The first-order valence-electron chi connectivity index (χ1n) is 6.06. The van der Waals surface area contributed by atoms with E-state index in [0.717, 1.165) is 13.1 Å². The largest absolute Gasteiger partial charge is 0.355 e. The van der Waals surface area contributed by atoms with Crippen molar-refractivity contribution in [3.63, 3.8) is 0 Å². The molecule has 1 unspecified atom stereocenters. The summed E-state index contributed by atoms with van der Waals surface area (Å²) in [5, 5.41) is 12.9. The van der Waals surface area contributed by atoms with Gasteiger partial charge in [-0.15, -0.1) is 0 Å². The minimum atomic E-state index is -0.277. The summed E-state index contributed by atoms with van der Waals surface area (Å²) < 4.78 is 1.82. The molecule has 96 valence electrons. The summed E-state index contributed by atoms with van der Waals surface area (Å²) in [6.45, 7) is 2.16. The zero-order valence-electron chi connectivity index (χ0n) is 9.85. The third-order valence-corrected chi connectivity index (χ3v) is 3.38. The maximum absolute atomic E-state index is 12.0. The topological polar surface area (TPSA) is 88.0 Å². The predicted molar refractivity (Wildman–Crippen MR) is 63.9 cm³/mol. The SMILES string of the molecule is O=C1CC(C(=O)Nc2ccnn2C2CNC2)CN1. The van der Waals surface area contributed by atoms with Gasteiger partial charge in [0.05, 0.1) is 18.2 Å². The Balaban J connectivity index is 1.67. The zero-order valence-corrected chi connectivity index (χ0v) is 9.85. The van der Waals surface area contributed by atoms with Crippen molar-refractivity contribution in [2.75, 3.05) is 25.0 Å². The number of carbonyl (C=O) groups excluding carboxylic acids is 2. The molecule has 2 fully saturated rings. The van der Waals surface area contributed by atoms with E-state index in [2.05, 4.69) is 21.0 Å². The molecule has 3 rings (SSSR count). The molecule has 2 aliphatic rings. The van der Waals surface area contributed by atoms with Crippen molar-refractivity contribution in [3.05, 3.63) is 12.3 Å². The smallest absolute Gasteiger partial charge is 0.230 e. The van der Waals surface area contributed by atoms with E-state index in [1.165, 1.54) is 0 Å². The number of aromatic nitrogens is 2. The van der Waals surface area contributed by atoms with Gasteiger partial charge in [0, 0.05) is 32.1 Å². The molecule has 3 heterocycles. The molecule has 0 aromatic carbocycles. The van der Waals surface area contributed by atoms with Crippen molar-refractivity contribution in [1.82, 2.24) is 20.4 Å². The lowest BCUT2D eigenvalue weighted by Crippen LogP contribution is -2.44. The Morgan fingerprint density at radius 3 is 2.89 bits per heavy atom. The van der Waals surface area contributed by atoms with E-state index in [1.54, 1.807) is 12.3 Å². The van der Waals surface area contributed by atoms with Crippen molar-refractivity contribution in [2.24, 2.45) is 5.92 Å². The van der Waals surface area contributed by atoms with Crippen LogP contribution in [0, 0.1) is 5.92 Å². The first-order valence-corrected chi connectivity index (χ1v) is 6.06. The molecule has 1 aromatic rings. The van der Waals surface area contributed by atoms with Crippen LogP contribution in [-0.2, 0) is 9.59 Å². The fourth-order valence-corrected chi connectivity index (χ4v) is 2.17. The van der Waals surface area contributed by atoms with Gasteiger partial charge in [-0.25, -0.2) is 4.68 Å². The van der Waals surface area contributed by atoms with Crippen LogP contribution < -0.4 is 16.0 Å². The number of carbonyl (C=O) groups is 2. The summed E-state index contributed by atoms with van der Waals surface area (Å²) in [4.78, 5) is 23.1. The second-order valence-electron chi connectivity index (χ2n) is 4.67. The third-order valence-electron chi connectivity index (χ3n) is 3.38.